The van der Waals surface area contributed by atoms with E-state index in [4.69, 9.17) is 0 Å². The number of methoxy groups -OCH3 is 2. The SMILES string of the molecule is COC(=O)/C=C/C(=O)N[C@@H](CS)C(=O)OC. The largest absolute Gasteiger partial charge is 0.467 e. The highest BCUT2D eigenvalue weighted by molar-refractivity contribution is 7.80. The Morgan fingerprint density at radius 2 is 1.88 bits per heavy atom. The van der Waals surface area contributed by atoms with Gasteiger partial charge in [-0.1, -0.05) is 0 Å². The monoisotopic (exact) mass is 247 g/mol. The molecule has 0 heterocycles. The van der Waals surface area contributed by atoms with E-state index < -0.39 is 23.9 Å². The molecule has 0 spiro atoms. The number of carbonyl (C=O) groups is 3. The smallest absolute Gasteiger partial charge is 0.330 e. The third kappa shape index (κ3) is 5.40. The van der Waals surface area contributed by atoms with Gasteiger partial charge in [-0.15, -0.1) is 0 Å². The van der Waals surface area contributed by atoms with Gasteiger partial charge in [0, 0.05) is 17.9 Å². The Kier molecular flexibility index (Phi) is 7.02. The second-order valence-corrected chi connectivity index (χ2v) is 2.99. The van der Waals surface area contributed by atoms with E-state index in [2.05, 4.69) is 27.4 Å². The van der Waals surface area contributed by atoms with Crippen molar-refractivity contribution in [3.63, 3.8) is 0 Å². The quantitative estimate of drug-likeness (QED) is 0.381. The average Bonchev–Trinajstić information content (AvgIpc) is 2.31. The fourth-order valence-corrected chi connectivity index (χ4v) is 0.993. The Hall–Kier alpha value is -1.50. The molecule has 0 aliphatic rings. The molecule has 1 amide bonds. The molecule has 0 fully saturated rings. The Morgan fingerprint density at radius 3 is 2.31 bits per heavy atom. The van der Waals surface area contributed by atoms with Crippen molar-refractivity contribution in [1.29, 1.82) is 0 Å². The van der Waals surface area contributed by atoms with Crippen molar-refractivity contribution in [1.82, 2.24) is 5.32 Å². The highest BCUT2D eigenvalue weighted by Gasteiger charge is 2.18. The van der Waals surface area contributed by atoms with E-state index in [-0.39, 0.29) is 5.75 Å². The van der Waals surface area contributed by atoms with Gasteiger partial charge in [0.1, 0.15) is 6.04 Å². The maximum absolute atomic E-state index is 11.2. The molecule has 0 aromatic rings. The molecule has 16 heavy (non-hydrogen) atoms. The lowest BCUT2D eigenvalue weighted by molar-refractivity contribution is -0.143. The number of thiol groups is 1. The fraction of sp³-hybridized carbons (Fsp3) is 0.444. The normalized spacial score (nSPS) is 11.9. The van der Waals surface area contributed by atoms with Crippen LogP contribution in [-0.2, 0) is 23.9 Å². The van der Waals surface area contributed by atoms with E-state index in [0.717, 1.165) is 12.2 Å². The third-order valence-corrected chi connectivity index (χ3v) is 1.92. The molecule has 90 valence electrons. The first-order chi connectivity index (χ1) is 7.54. The molecule has 0 saturated heterocycles. The van der Waals surface area contributed by atoms with Crippen LogP contribution in [0.4, 0.5) is 0 Å². The maximum Gasteiger partial charge on any atom is 0.330 e. The Bertz CT molecular complexity index is 302. The standard InChI is InChI=1S/C9H13NO5S/c1-14-8(12)4-3-7(11)10-6(5-16)9(13)15-2/h3-4,6,16H,5H2,1-2H3,(H,10,11)/b4-3+/t6-/m0/s1. The van der Waals surface area contributed by atoms with Crippen molar-refractivity contribution in [3.8, 4) is 0 Å². The van der Waals surface area contributed by atoms with Crippen LogP contribution < -0.4 is 5.32 Å². The molecule has 1 N–H and O–H groups in total. The molecule has 0 saturated carbocycles. The van der Waals surface area contributed by atoms with Crippen molar-refractivity contribution >= 4 is 30.5 Å². The lowest BCUT2D eigenvalue weighted by Crippen LogP contribution is -2.42. The molecule has 1 atom stereocenters. The van der Waals surface area contributed by atoms with Gasteiger partial charge in [-0.3, -0.25) is 4.79 Å². The van der Waals surface area contributed by atoms with Crippen molar-refractivity contribution < 1.29 is 23.9 Å². The fourth-order valence-electron chi connectivity index (χ4n) is 0.753. The summed E-state index contributed by atoms with van der Waals surface area (Å²) in [5.41, 5.74) is 0. The summed E-state index contributed by atoms with van der Waals surface area (Å²) in [4.78, 5) is 32.9. The summed E-state index contributed by atoms with van der Waals surface area (Å²) in [6.45, 7) is 0. The van der Waals surface area contributed by atoms with E-state index in [0.29, 0.717) is 0 Å². The number of esters is 2. The zero-order valence-corrected chi connectivity index (χ0v) is 9.82. The summed E-state index contributed by atoms with van der Waals surface area (Å²) in [5.74, 6) is -1.76. The van der Waals surface area contributed by atoms with Crippen LogP contribution in [0.5, 0.6) is 0 Å². The minimum atomic E-state index is -0.844. The highest BCUT2D eigenvalue weighted by atomic mass is 32.1. The topological polar surface area (TPSA) is 81.7 Å². The number of hydrogen-bond acceptors (Lipinski definition) is 6. The molecule has 6 nitrogen and oxygen atoms in total. The zero-order valence-electron chi connectivity index (χ0n) is 8.93. The number of carbonyl (C=O) groups excluding carboxylic acids is 3. The molecule has 0 aromatic carbocycles. The van der Waals surface area contributed by atoms with E-state index >= 15 is 0 Å². The number of ether oxygens (including phenoxy) is 2. The number of hydrogen-bond donors (Lipinski definition) is 2. The van der Waals surface area contributed by atoms with Gasteiger partial charge in [0.2, 0.25) is 5.91 Å². The van der Waals surface area contributed by atoms with E-state index in [1.54, 1.807) is 0 Å². The summed E-state index contributed by atoms with van der Waals surface area (Å²) in [6.07, 6.45) is 1.91. The maximum atomic E-state index is 11.2. The van der Waals surface area contributed by atoms with Crippen molar-refractivity contribution in [3.05, 3.63) is 12.2 Å². The summed E-state index contributed by atoms with van der Waals surface area (Å²) < 4.78 is 8.72. The zero-order chi connectivity index (χ0) is 12.6. The minimum absolute atomic E-state index is 0.102. The molecule has 0 rings (SSSR count). The first-order valence-electron chi connectivity index (χ1n) is 4.30. The van der Waals surface area contributed by atoms with Crippen LogP contribution >= 0.6 is 12.6 Å². The van der Waals surface area contributed by atoms with Gasteiger partial charge >= 0.3 is 11.9 Å². The molecule has 7 heteroatoms. The van der Waals surface area contributed by atoms with Gasteiger partial charge in [-0.05, 0) is 0 Å². The summed E-state index contributed by atoms with van der Waals surface area (Å²) >= 11 is 3.88. The van der Waals surface area contributed by atoms with Crippen molar-refractivity contribution in [2.45, 2.75) is 6.04 Å². The second-order valence-electron chi connectivity index (χ2n) is 2.62. The molecule has 0 bridgehead atoms. The molecule has 0 aromatic heterocycles. The van der Waals surface area contributed by atoms with Crippen LogP contribution in [0.3, 0.4) is 0 Å². The van der Waals surface area contributed by atoms with Crippen LogP contribution in [-0.4, -0.2) is 43.9 Å². The van der Waals surface area contributed by atoms with Crippen molar-refractivity contribution in [2.75, 3.05) is 20.0 Å². The van der Waals surface area contributed by atoms with Crippen molar-refractivity contribution in [2.24, 2.45) is 0 Å². The van der Waals surface area contributed by atoms with Crippen LogP contribution in [0.15, 0.2) is 12.2 Å². The Balaban J connectivity index is 4.26. The van der Waals surface area contributed by atoms with Gasteiger partial charge in [0.05, 0.1) is 14.2 Å². The van der Waals surface area contributed by atoms with Crippen LogP contribution in [0.1, 0.15) is 0 Å². The Labute approximate surface area is 98.4 Å². The molecule has 0 radical (unpaired) electrons. The van der Waals surface area contributed by atoms with E-state index in [9.17, 15) is 14.4 Å². The second kappa shape index (κ2) is 7.75. The van der Waals surface area contributed by atoms with Crippen LogP contribution in [0, 0.1) is 0 Å². The third-order valence-electron chi connectivity index (χ3n) is 1.56. The average molecular weight is 247 g/mol. The molecular weight excluding hydrogens is 234 g/mol. The highest BCUT2D eigenvalue weighted by Crippen LogP contribution is 1.92. The predicted molar refractivity (Wildman–Crippen MR) is 59.0 cm³/mol. The number of rotatable bonds is 5. The van der Waals surface area contributed by atoms with Crippen LogP contribution in [0.25, 0.3) is 0 Å². The van der Waals surface area contributed by atoms with Gasteiger partial charge in [-0.2, -0.15) is 12.6 Å². The number of amides is 1. The van der Waals surface area contributed by atoms with Gasteiger partial charge in [0.25, 0.3) is 0 Å². The molecule has 0 aliphatic heterocycles. The van der Waals surface area contributed by atoms with Gasteiger partial charge in [0.15, 0.2) is 0 Å². The van der Waals surface area contributed by atoms with E-state index in [1.165, 1.54) is 14.2 Å². The lowest BCUT2D eigenvalue weighted by atomic mass is 10.3. The Morgan fingerprint density at radius 1 is 1.25 bits per heavy atom. The molecule has 0 aliphatic carbocycles. The lowest BCUT2D eigenvalue weighted by Gasteiger charge is -2.12. The minimum Gasteiger partial charge on any atom is -0.467 e. The first kappa shape index (κ1) is 14.5. The van der Waals surface area contributed by atoms with Crippen LogP contribution in [0.2, 0.25) is 0 Å². The first-order valence-corrected chi connectivity index (χ1v) is 4.93. The summed E-state index contributed by atoms with van der Waals surface area (Å²) in [5, 5.41) is 2.31. The number of nitrogens with one attached hydrogen (secondary N) is 1. The molecular formula is C9H13NO5S. The van der Waals surface area contributed by atoms with Gasteiger partial charge in [-0.25, -0.2) is 9.59 Å². The summed E-state index contributed by atoms with van der Waals surface area (Å²) in [7, 11) is 2.39. The predicted octanol–water partition coefficient (Wildman–Crippen LogP) is -0.697. The van der Waals surface area contributed by atoms with Gasteiger partial charge < -0.3 is 14.8 Å². The summed E-state index contributed by atoms with van der Waals surface area (Å²) in [6, 6.07) is -0.844. The molecule has 0 unspecified atom stereocenters. The van der Waals surface area contributed by atoms with E-state index in [1.807, 2.05) is 0 Å².